The molecule has 0 bridgehead atoms. The van der Waals surface area contributed by atoms with Gasteiger partial charge in [-0.1, -0.05) is 48.5 Å². The average Bonchev–Trinajstić information content (AvgIpc) is 3.49. The molecule has 18 heteroatoms. The smallest absolute Gasteiger partial charge is 0.324 e. The molecule has 1 aliphatic rings. The van der Waals surface area contributed by atoms with Gasteiger partial charge in [-0.05, 0) is 17.7 Å². The number of hydrogen-bond donors (Lipinski definition) is 4. The summed E-state index contributed by atoms with van der Waals surface area (Å²) in [6, 6.07) is 15.9. The third-order valence-corrected chi connectivity index (χ3v) is 9.09. The number of hydrogen-bond acceptors (Lipinski definition) is 13. The van der Waals surface area contributed by atoms with Gasteiger partial charge in [0.25, 0.3) is 7.82 Å². The zero-order chi connectivity index (χ0) is 29.9. The van der Waals surface area contributed by atoms with E-state index in [0.717, 1.165) is 6.33 Å². The Kier molecular flexibility index (Phi) is 8.80. The van der Waals surface area contributed by atoms with E-state index in [2.05, 4.69) is 34.4 Å². The van der Waals surface area contributed by atoms with Gasteiger partial charge in [-0.15, -0.1) is 0 Å². The third kappa shape index (κ3) is 7.07. The number of rotatable bonds is 10. The number of para-hydroxylation sites is 1. The van der Waals surface area contributed by atoms with Crippen molar-refractivity contribution >= 4 is 44.1 Å². The molecule has 222 valence electrons. The highest BCUT2D eigenvalue weighted by Gasteiger charge is 2.45. The molecule has 0 radical (unpaired) electrons. The number of aliphatic hydroxyl groups excluding tert-OH is 2. The van der Waals surface area contributed by atoms with Crippen molar-refractivity contribution in [3.8, 4) is 0 Å². The second kappa shape index (κ2) is 12.4. The number of amides is 2. The molecule has 3 heterocycles. The maximum Gasteiger partial charge on any atom is 0.324 e. The molecule has 4 N–H and O–H groups in total. The fourth-order valence-corrected chi connectivity index (χ4v) is 6.82. The standard InChI is InChI=1S/C24H26N6O10P2/c31-19-17(11-38-42(36,37)40-41(34,35)12-15-7-3-1-4-8-15)39-23(20(19)32)30-14-27-18-21(25-13-26-22(18)30)29-24(33)28-16-9-5-2-6-10-16/h1-10,13-14,17,19-20,23,31-32H,11-12H2,(H,34,35)(H,36,37)(H2,25,26,28,29,33)/p-2/t17-,19?,20+,23-/m1/s1. The van der Waals surface area contributed by atoms with Gasteiger partial charge in [0, 0.05) is 11.8 Å². The van der Waals surface area contributed by atoms with E-state index in [4.69, 9.17) is 4.74 Å². The first-order chi connectivity index (χ1) is 20.0. The van der Waals surface area contributed by atoms with Crippen molar-refractivity contribution in [2.75, 3.05) is 17.2 Å². The number of phosphoric acid groups is 1. The molecule has 1 saturated heterocycles. The van der Waals surface area contributed by atoms with E-state index < -0.39 is 58.8 Å². The van der Waals surface area contributed by atoms with Crippen molar-refractivity contribution in [1.82, 2.24) is 19.5 Å². The Morgan fingerprint density at radius 1 is 0.976 bits per heavy atom. The van der Waals surface area contributed by atoms with Crippen molar-refractivity contribution in [1.29, 1.82) is 0 Å². The van der Waals surface area contributed by atoms with Crippen LogP contribution in [0.1, 0.15) is 11.8 Å². The number of aliphatic hydroxyl groups is 2. The monoisotopic (exact) mass is 618 g/mol. The number of ether oxygens (including phenoxy) is 1. The maximum absolute atomic E-state index is 12.4. The van der Waals surface area contributed by atoms with Crippen molar-refractivity contribution in [2.45, 2.75) is 30.7 Å². The van der Waals surface area contributed by atoms with Gasteiger partial charge in [-0.2, -0.15) is 0 Å². The van der Waals surface area contributed by atoms with Crippen LogP contribution >= 0.6 is 15.4 Å². The number of nitrogens with zero attached hydrogens (tertiary/aromatic N) is 4. The fraction of sp³-hybridized carbons (Fsp3) is 0.250. The molecule has 0 saturated carbocycles. The Hall–Kier alpha value is -3.56. The summed E-state index contributed by atoms with van der Waals surface area (Å²) in [6.45, 7) is -0.866. The van der Waals surface area contributed by atoms with E-state index >= 15 is 0 Å². The van der Waals surface area contributed by atoms with Crippen molar-refractivity contribution in [3.63, 3.8) is 0 Å². The Morgan fingerprint density at radius 3 is 2.38 bits per heavy atom. The van der Waals surface area contributed by atoms with Crippen LogP contribution in [0.5, 0.6) is 0 Å². The number of carbonyl (C=O) groups is 1. The third-order valence-electron chi connectivity index (χ3n) is 6.07. The Labute approximate surface area is 238 Å². The Balaban J connectivity index is 1.23. The summed E-state index contributed by atoms with van der Waals surface area (Å²) in [4.78, 5) is 49.2. The van der Waals surface area contributed by atoms with E-state index in [1.165, 1.54) is 23.0 Å². The summed E-state index contributed by atoms with van der Waals surface area (Å²) < 4.78 is 40.3. The highest BCUT2D eigenvalue weighted by molar-refractivity contribution is 7.62. The predicted octanol–water partition coefficient (Wildman–Crippen LogP) is 1.34. The van der Waals surface area contributed by atoms with Crippen LogP contribution in [-0.4, -0.2) is 60.7 Å². The lowest BCUT2D eigenvalue weighted by molar-refractivity contribution is -0.234. The van der Waals surface area contributed by atoms with Crippen LogP contribution in [0.25, 0.3) is 11.2 Å². The summed E-state index contributed by atoms with van der Waals surface area (Å²) in [6.07, 6.45) is -4.29. The lowest BCUT2D eigenvalue weighted by Gasteiger charge is -2.32. The van der Waals surface area contributed by atoms with Crippen LogP contribution in [0.3, 0.4) is 0 Å². The number of fused-ring (bicyclic) bond motifs is 1. The number of phosphoric ester groups is 1. The number of anilines is 2. The van der Waals surface area contributed by atoms with Gasteiger partial charge in [0.2, 0.25) is 0 Å². The summed E-state index contributed by atoms with van der Waals surface area (Å²) >= 11 is 0. The first-order valence-corrected chi connectivity index (χ1v) is 15.5. The van der Waals surface area contributed by atoms with Gasteiger partial charge in [0.1, 0.15) is 32.2 Å². The molecule has 0 aliphatic carbocycles. The predicted molar refractivity (Wildman–Crippen MR) is 143 cm³/mol. The minimum Gasteiger partial charge on any atom is -0.778 e. The number of nitrogens with one attached hydrogen (secondary N) is 2. The number of urea groups is 1. The molecule has 5 rings (SSSR count). The molecule has 4 aromatic rings. The lowest BCUT2D eigenvalue weighted by Crippen LogP contribution is -2.34. The van der Waals surface area contributed by atoms with Gasteiger partial charge in [-0.3, -0.25) is 18.8 Å². The molecule has 6 atom stereocenters. The largest absolute Gasteiger partial charge is 0.778 e. The molecule has 1 aliphatic heterocycles. The normalized spacial score (nSPS) is 23.2. The molecular formula is C24H24N6O10P2-2. The van der Waals surface area contributed by atoms with Crippen LogP contribution in [0.4, 0.5) is 16.3 Å². The topological polar surface area (TPSA) is 233 Å². The molecule has 42 heavy (non-hydrogen) atoms. The maximum atomic E-state index is 12.4. The SMILES string of the molecule is O=C(Nc1ccccc1)Nc1ncnc2c1ncn2[C@@H]1O[C@H](COP(=O)([O-])OP(=O)([O-])Cc2ccccc2)C(O)[C@@H]1O. The zero-order valence-corrected chi connectivity index (χ0v) is 23.3. The second-order valence-corrected chi connectivity index (χ2v) is 12.5. The highest BCUT2D eigenvalue weighted by atomic mass is 31.3. The summed E-state index contributed by atoms with van der Waals surface area (Å²) in [5.41, 5.74) is 1.09. The molecule has 2 aromatic carbocycles. The molecular weight excluding hydrogens is 594 g/mol. The van der Waals surface area contributed by atoms with Crippen LogP contribution in [-0.2, 0) is 28.9 Å². The molecule has 2 amide bonds. The first-order valence-electron chi connectivity index (χ1n) is 12.3. The second-order valence-electron chi connectivity index (χ2n) is 9.12. The first kappa shape index (κ1) is 29.9. The quantitative estimate of drug-likeness (QED) is 0.184. The Morgan fingerprint density at radius 2 is 1.67 bits per heavy atom. The Bertz CT molecular complexity index is 1640. The number of carbonyl (C=O) groups excluding carboxylic acids is 1. The van der Waals surface area contributed by atoms with E-state index in [-0.39, 0.29) is 17.0 Å². The van der Waals surface area contributed by atoms with Crippen molar-refractivity contribution in [3.05, 3.63) is 78.9 Å². The molecule has 16 nitrogen and oxygen atoms in total. The average molecular weight is 618 g/mol. The lowest BCUT2D eigenvalue weighted by atomic mass is 10.1. The summed E-state index contributed by atoms with van der Waals surface area (Å²) in [5.74, 6) is 0.0436. The van der Waals surface area contributed by atoms with Crippen LogP contribution in [0.15, 0.2) is 73.3 Å². The van der Waals surface area contributed by atoms with Gasteiger partial charge in [0.15, 0.2) is 23.2 Å². The number of benzene rings is 2. The molecule has 1 fully saturated rings. The van der Waals surface area contributed by atoms with Crippen LogP contribution in [0, 0.1) is 0 Å². The van der Waals surface area contributed by atoms with Gasteiger partial charge in [0.05, 0.1) is 12.9 Å². The number of aromatic nitrogens is 4. The van der Waals surface area contributed by atoms with Gasteiger partial charge in [-0.25, -0.2) is 19.7 Å². The molecule has 2 aromatic heterocycles. The molecule has 3 unspecified atom stereocenters. The van der Waals surface area contributed by atoms with E-state index in [0.29, 0.717) is 11.3 Å². The van der Waals surface area contributed by atoms with Gasteiger partial charge >= 0.3 is 6.03 Å². The van der Waals surface area contributed by atoms with Crippen molar-refractivity contribution in [2.24, 2.45) is 0 Å². The zero-order valence-electron chi connectivity index (χ0n) is 21.5. The van der Waals surface area contributed by atoms with E-state index in [1.54, 1.807) is 48.5 Å². The number of imidazole rings is 1. The minimum absolute atomic E-state index is 0.0436. The summed E-state index contributed by atoms with van der Waals surface area (Å²) in [7, 11) is -10.3. The minimum atomic E-state index is -5.40. The van der Waals surface area contributed by atoms with E-state index in [9.17, 15) is 33.9 Å². The van der Waals surface area contributed by atoms with Crippen LogP contribution < -0.4 is 20.4 Å². The molecule has 0 spiro atoms. The highest BCUT2D eigenvalue weighted by Crippen LogP contribution is 2.56. The van der Waals surface area contributed by atoms with E-state index in [1.807, 2.05) is 0 Å². The van der Waals surface area contributed by atoms with Gasteiger partial charge < -0.3 is 39.1 Å². The fourth-order valence-electron chi connectivity index (χ4n) is 4.19. The van der Waals surface area contributed by atoms with Crippen LogP contribution in [0.2, 0.25) is 0 Å². The van der Waals surface area contributed by atoms with Crippen molar-refractivity contribution < 1.29 is 47.5 Å². The summed E-state index contributed by atoms with van der Waals surface area (Å²) in [5, 5.41) is 26.3.